The molecular formula is C26H25N5O5S. The number of anilines is 3. The number of hydrogen-bond acceptors (Lipinski definition) is 10. The number of nitrogen functional groups attached to an aromatic ring is 3. The monoisotopic (exact) mass is 519 g/mol. The molecule has 0 radical (unpaired) electrons. The van der Waals surface area contributed by atoms with Crippen molar-refractivity contribution >= 4 is 27.3 Å². The van der Waals surface area contributed by atoms with Gasteiger partial charge < -0.3 is 31.4 Å². The molecule has 2 aliphatic rings. The lowest BCUT2D eigenvalue weighted by Gasteiger charge is -2.29. The summed E-state index contributed by atoms with van der Waals surface area (Å²) in [6, 6.07) is 15.6. The number of aromatic nitrogens is 2. The first-order chi connectivity index (χ1) is 17.7. The van der Waals surface area contributed by atoms with Crippen LogP contribution in [0, 0.1) is 0 Å². The molecule has 1 atom stereocenters. The summed E-state index contributed by atoms with van der Waals surface area (Å²) >= 11 is 0. The number of fused-ring (bicyclic) bond motifs is 3. The number of nitrogens with two attached hydrogens (primary N) is 3. The van der Waals surface area contributed by atoms with Gasteiger partial charge in [-0.3, -0.25) is 0 Å². The second-order valence-electron chi connectivity index (χ2n) is 8.51. The second kappa shape index (κ2) is 9.17. The first-order valence-corrected chi connectivity index (χ1v) is 12.8. The molecule has 10 nitrogen and oxygen atoms in total. The van der Waals surface area contributed by atoms with E-state index < -0.39 is 15.3 Å². The van der Waals surface area contributed by atoms with Crippen LogP contribution >= 0.6 is 0 Å². The van der Waals surface area contributed by atoms with Crippen LogP contribution in [0.5, 0.6) is 17.2 Å². The number of nitrogens with zero attached hydrogens (tertiary/aromatic N) is 2. The molecule has 2 bridgehead atoms. The van der Waals surface area contributed by atoms with E-state index in [4.69, 9.17) is 31.4 Å². The van der Waals surface area contributed by atoms with E-state index in [2.05, 4.69) is 9.97 Å². The Morgan fingerprint density at radius 2 is 1.59 bits per heavy atom. The maximum absolute atomic E-state index is 13.4. The Hall–Kier alpha value is -4.51. The van der Waals surface area contributed by atoms with Gasteiger partial charge >= 0.3 is 0 Å². The number of benzene rings is 3. The number of hydrogen-bond donors (Lipinski definition) is 3. The summed E-state index contributed by atoms with van der Waals surface area (Å²) in [7, 11) is -0.882. The standard InChI is InChI=1S/C26H25N5O5S/c1-34-21-10-14(9-16-13-30-26(29)31-24(16)28)11-22(35-2)23(21)36-25-19-8-7-18(37(25,32)33)12-20(19)15-3-5-17(27)6-4-15/h3-8,10-13,25H,9,27H2,1-2H3,(H4,28,29,30,31). The topological polar surface area (TPSA) is 166 Å². The molecule has 6 N–H and O–H groups in total. The van der Waals surface area contributed by atoms with Crippen molar-refractivity contribution in [2.75, 3.05) is 31.4 Å². The van der Waals surface area contributed by atoms with Crippen molar-refractivity contribution in [3.05, 3.63) is 77.5 Å². The van der Waals surface area contributed by atoms with Crippen LogP contribution in [0.3, 0.4) is 0 Å². The first kappa shape index (κ1) is 24.2. The lowest BCUT2D eigenvalue weighted by molar-refractivity contribution is 0.246. The van der Waals surface area contributed by atoms with Gasteiger partial charge in [0.2, 0.25) is 27.0 Å². The molecule has 0 fully saturated rings. The third-order valence-electron chi connectivity index (χ3n) is 6.17. The lowest BCUT2D eigenvalue weighted by atomic mass is 9.99. The number of rotatable bonds is 7. The second-order valence-corrected chi connectivity index (χ2v) is 10.5. The summed E-state index contributed by atoms with van der Waals surface area (Å²) < 4.78 is 44.1. The third kappa shape index (κ3) is 4.33. The van der Waals surface area contributed by atoms with E-state index in [9.17, 15) is 8.42 Å². The highest BCUT2D eigenvalue weighted by Gasteiger charge is 2.39. The van der Waals surface area contributed by atoms with Crippen LogP contribution in [-0.4, -0.2) is 32.6 Å². The molecule has 0 aliphatic carbocycles. The van der Waals surface area contributed by atoms with E-state index in [0.29, 0.717) is 34.7 Å². The van der Waals surface area contributed by atoms with Crippen LogP contribution in [0.1, 0.15) is 22.1 Å². The summed E-state index contributed by atoms with van der Waals surface area (Å²) in [4.78, 5) is 8.15. The van der Waals surface area contributed by atoms with Crippen molar-refractivity contribution in [2.45, 2.75) is 16.8 Å². The molecule has 3 heterocycles. The van der Waals surface area contributed by atoms with Crippen molar-refractivity contribution < 1.29 is 22.6 Å². The van der Waals surface area contributed by atoms with Crippen LogP contribution in [0.15, 0.2) is 65.7 Å². The molecule has 0 saturated heterocycles. The number of ether oxygens (including phenoxy) is 3. The number of methoxy groups -OCH3 is 2. The van der Waals surface area contributed by atoms with Crippen LogP contribution in [0.4, 0.5) is 17.5 Å². The molecule has 4 aromatic rings. The van der Waals surface area contributed by atoms with E-state index in [1.54, 1.807) is 48.7 Å². The van der Waals surface area contributed by atoms with Gasteiger partial charge in [-0.15, -0.1) is 0 Å². The largest absolute Gasteiger partial charge is 0.493 e. The fraction of sp³-hybridized carbons (Fsp3) is 0.154. The predicted octanol–water partition coefficient (Wildman–Crippen LogP) is 3.36. The van der Waals surface area contributed by atoms with Gasteiger partial charge in [0.05, 0.1) is 19.1 Å². The van der Waals surface area contributed by atoms with Gasteiger partial charge in [-0.25, -0.2) is 13.4 Å². The van der Waals surface area contributed by atoms with Crippen molar-refractivity contribution in [1.29, 1.82) is 0 Å². The Bertz CT molecular complexity index is 1580. The first-order valence-electron chi connectivity index (χ1n) is 11.2. The van der Waals surface area contributed by atoms with Gasteiger partial charge in [0, 0.05) is 29.4 Å². The molecule has 2 aliphatic heterocycles. The Balaban J connectivity index is 1.55. The SMILES string of the molecule is COc1cc(Cc2cnc(N)nc2N)cc(OC)c1OC1c2ccc(cc2-c2ccc(N)cc2)S1(=O)=O. The normalized spacial score (nSPS) is 15.4. The lowest BCUT2D eigenvalue weighted by Crippen LogP contribution is -2.25. The predicted molar refractivity (Wildman–Crippen MR) is 140 cm³/mol. The smallest absolute Gasteiger partial charge is 0.229 e. The highest BCUT2D eigenvalue weighted by molar-refractivity contribution is 7.91. The molecule has 190 valence electrons. The molecule has 0 amide bonds. The minimum atomic E-state index is -3.82. The summed E-state index contributed by atoms with van der Waals surface area (Å²) in [5.41, 5.74) is 20.2. The van der Waals surface area contributed by atoms with Crippen molar-refractivity contribution in [1.82, 2.24) is 9.97 Å². The fourth-order valence-corrected chi connectivity index (χ4v) is 5.85. The van der Waals surface area contributed by atoms with Crippen LogP contribution in [-0.2, 0) is 16.3 Å². The van der Waals surface area contributed by atoms with Crippen molar-refractivity contribution in [3.8, 4) is 28.4 Å². The quantitative estimate of drug-likeness (QED) is 0.308. The molecule has 0 spiro atoms. The average Bonchev–Trinajstić information content (AvgIpc) is 2.88. The van der Waals surface area contributed by atoms with Gasteiger partial charge in [-0.1, -0.05) is 18.2 Å². The molecule has 0 saturated carbocycles. The maximum atomic E-state index is 13.4. The minimum Gasteiger partial charge on any atom is -0.493 e. The molecule has 1 aromatic heterocycles. The molecule has 1 unspecified atom stereocenters. The highest BCUT2D eigenvalue weighted by atomic mass is 32.2. The Kier molecular flexibility index (Phi) is 6.00. The molecule has 3 aromatic carbocycles. The van der Waals surface area contributed by atoms with E-state index in [1.165, 1.54) is 14.2 Å². The zero-order valence-electron chi connectivity index (χ0n) is 20.1. The van der Waals surface area contributed by atoms with E-state index >= 15 is 0 Å². The molecular weight excluding hydrogens is 494 g/mol. The number of sulfone groups is 1. The van der Waals surface area contributed by atoms with E-state index in [0.717, 1.165) is 16.7 Å². The molecule has 6 rings (SSSR count). The molecule has 37 heavy (non-hydrogen) atoms. The van der Waals surface area contributed by atoms with Gasteiger partial charge in [-0.05, 0) is 53.1 Å². The zero-order valence-corrected chi connectivity index (χ0v) is 21.0. The van der Waals surface area contributed by atoms with Crippen LogP contribution in [0.2, 0.25) is 0 Å². The van der Waals surface area contributed by atoms with Gasteiger partial charge in [0.25, 0.3) is 0 Å². The molecule has 11 heteroatoms. The Morgan fingerprint density at radius 3 is 2.22 bits per heavy atom. The minimum absolute atomic E-state index is 0.0833. The van der Waals surface area contributed by atoms with E-state index in [-0.39, 0.29) is 22.4 Å². The summed E-state index contributed by atoms with van der Waals surface area (Å²) in [5.74, 6) is 1.11. The zero-order chi connectivity index (χ0) is 26.3. The summed E-state index contributed by atoms with van der Waals surface area (Å²) in [6.07, 6.45) is 1.92. The van der Waals surface area contributed by atoms with Gasteiger partial charge in [0.15, 0.2) is 11.5 Å². The summed E-state index contributed by atoms with van der Waals surface area (Å²) in [6.45, 7) is 0. The van der Waals surface area contributed by atoms with Crippen molar-refractivity contribution in [2.24, 2.45) is 0 Å². The Morgan fingerprint density at radius 1 is 0.919 bits per heavy atom. The average molecular weight is 520 g/mol. The van der Waals surface area contributed by atoms with Crippen molar-refractivity contribution in [3.63, 3.8) is 0 Å². The fourth-order valence-electron chi connectivity index (χ4n) is 4.30. The third-order valence-corrected chi connectivity index (χ3v) is 7.99. The van der Waals surface area contributed by atoms with Crippen LogP contribution < -0.4 is 31.4 Å². The highest BCUT2D eigenvalue weighted by Crippen LogP contribution is 2.48. The Labute approximate surface area is 213 Å². The van der Waals surface area contributed by atoms with E-state index in [1.807, 2.05) is 12.1 Å². The van der Waals surface area contributed by atoms with Gasteiger partial charge in [0.1, 0.15) is 5.82 Å². The van der Waals surface area contributed by atoms with Crippen LogP contribution in [0.25, 0.3) is 11.1 Å². The maximum Gasteiger partial charge on any atom is 0.229 e. The summed E-state index contributed by atoms with van der Waals surface area (Å²) in [5, 5.41) is 0. The van der Waals surface area contributed by atoms with Gasteiger partial charge in [-0.2, -0.15) is 4.98 Å².